The summed E-state index contributed by atoms with van der Waals surface area (Å²) in [5, 5.41) is 2.34. The topological polar surface area (TPSA) is 26.0 Å². The Morgan fingerprint density at radius 2 is 1.50 bits per heavy atom. The van der Waals surface area contributed by atoms with Crippen molar-refractivity contribution in [2.45, 2.75) is 0 Å². The Balaban J connectivity index is 0.000000720. The van der Waals surface area contributed by atoms with Gasteiger partial charge in [0.1, 0.15) is 0 Å². The Bertz CT molecular complexity index is 379. The third-order valence-electron chi connectivity index (χ3n) is 1.82. The van der Waals surface area contributed by atoms with Gasteiger partial charge < -0.3 is 5.73 Å². The van der Waals surface area contributed by atoms with E-state index in [9.17, 15) is 0 Å². The van der Waals surface area contributed by atoms with Crippen LogP contribution in [0.5, 0.6) is 0 Å². The number of hydrogen-bond donors (Lipinski definition) is 1. The molecule has 2 rings (SSSR count). The molecule has 0 atom stereocenters. The zero-order valence-electron chi connectivity index (χ0n) is 6.12. The minimum absolute atomic E-state index is 0. The van der Waals surface area contributed by atoms with E-state index in [4.69, 9.17) is 5.73 Å². The van der Waals surface area contributed by atoms with Crippen LogP contribution in [-0.2, 0) is 0 Å². The molecule has 0 heterocycles. The summed E-state index contributed by atoms with van der Waals surface area (Å²) < 4.78 is 0. The van der Waals surface area contributed by atoms with Gasteiger partial charge in [-0.05, 0) is 11.5 Å². The Hall–Kier alpha value is 0.136. The summed E-state index contributed by atoms with van der Waals surface area (Å²) in [6.45, 7) is 0. The first-order valence-electron chi connectivity index (χ1n) is 3.61. The zero-order chi connectivity index (χ0) is 7.68. The Morgan fingerprint density at radius 1 is 0.833 bits per heavy atom. The van der Waals surface area contributed by atoms with Crippen LogP contribution >= 0.6 is 0 Å². The first kappa shape index (κ1) is 10.2. The van der Waals surface area contributed by atoms with Gasteiger partial charge in [0.05, 0.1) is 0 Å². The van der Waals surface area contributed by atoms with Gasteiger partial charge in [-0.25, -0.2) is 0 Å². The SMILES string of the molecule is Nc1cccc2ccccc12.[KH]. The van der Waals surface area contributed by atoms with Gasteiger partial charge in [-0.1, -0.05) is 36.4 Å². The van der Waals surface area contributed by atoms with Crippen molar-refractivity contribution >= 4 is 67.8 Å². The average molecular weight is 183 g/mol. The van der Waals surface area contributed by atoms with Gasteiger partial charge >= 0.3 is 51.4 Å². The van der Waals surface area contributed by atoms with Gasteiger partial charge in [-0.2, -0.15) is 0 Å². The average Bonchev–Trinajstić information content (AvgIpc) is 2.06. The normalized spacial score (nSPS) is 9.33. The Morgan fingerprint density at radius 3 is 2.25 bits per heavy atom. The molecule has 0 aliphatic carbocycles. The van der Waals surface area contributed by atoms with E-state index in [1.807, 2.05) is 30.3 Å². The summed E-state index contributed by atoms with van der Waals surface area (Å²) in [7, 11) is 0. The first-order chi connectivity index (χ1) is 5.38. The number of rotatable bonds is 0. The molecule has 0 saturated heterocycles. The van der Waals surface area contributed by atoms with Crippen molar-refractivity contribution in [2.24, 2.45) is 0 Å². The molecule has 0 amide bonds. The van der Waals surface area contributed by atoms with Crippen LogP contribution in [0.3, 0.4) is 0 Å². The van der Waals surface area contributed by atoms with E-state index in [0.717, 1.165) is 11.1 Å². The van der Waals surface area contributed by atoms with Crippen molar-refractivity contribution in [3.05, 3.63) is 42.5 Å². The molecule has 0 aliphatic heterocycles. The zero-order valence-corrected chi connectivity index (χ0v) is 6.12. The summed E-state index contributed by atoms with van der Waals surface area (Å²) >= 11 is 0. The van der Waals surface area contributed by atoms with Crippen LogP contribution in [-0.4, -0.2) is 51.4 Å². The molecule has 0 bridgehead atoms. The maximum absolute atomic E-state index is 5.76. The predicted octanol–water partition coefficient (Wildman–Crippen LogP) is 1.77. The number of nitrogen functional groups attached to an aromatic ring is 1. The van der Waals surface area contributed by atoms with Crippen molar-refractivity contribution in [2.75, 3.05) is 5.73 Å². The molecule has 2 aromatic carbocycles. The van der Waals surface area contributed by atoms with E-state index < -0.39 is 0 Å². The second-order valence-corrected chi connectivity index (χ2v) is 2.57. The fourth-order valence-electron chi connectivity index (χ4n) is 1.25. The van der Waals surface area contributed by atoms with Crippen LogP contribution in [0, 0.1) is 0 Å². The third-order valence-corrected chi connectivity index (χ3v) is 1.82. The summed E-state index contributed by atoms with van der Waals surface area (Å²) in [6, 6.07) is 14.1. The van der Waals surface area contributed by atoms with E-state index in [-0.39, 0.29) is 51.4 Å². The van der Waals surface area contributed by atoms with Gasteiger partial charge in [0, 0.05) is 11.1 Å². The Kier molecular flexibility index (Phi) is 3.74. The van der Waals surface area contributed by atoms with Crippen molar-refractivity contribution in [1.29, 1.82) is 0 Å². The van der Waals surface area contributed by atoms with E-state index in [1.165, 1.54) is 5.39 Å². The van der Waals surface area contributed by atoms with E-state index in [0.29, 0.717) is 0 Å². The maximum atomic E-state index is 5.76. The number of fused-ring (bicyclic) bond motifs is 1. The number of hydrogen-bond acceptors (Lipinski definition) is 1. The van der Waals surface area contributed by atoms with Gasteiger partial charge in [-0.15, -0.1) is 0 Å². The molecule has 0 aliphatic rings. The predicted molar refractivity (Wildman–Crippen MR) is 55.5 cm³/mol. The molecule has 1 nitrogen and oxygen atoms in total. The number of nitrogens with two attached hydrogens (primary N) is 1. The van der Waals surface area contributed by atoms with Gasteiger partial charge in [0.25, 0.3) is 0 Å². The third kappa shape index (κ3) is 1.89. The molecule has 0 fully saturated rings. The molecule has 0 unspecified atom stereocenters. The fraction of sp³-hybridized carbons (Fsp3) is 0. The molecule has 0 aromatic heterocycles. The summed E-state index contributed by atoms with van der Waals surface area (Å²) in [4.78, 5) is 0. The van der Waals surface area contributed by atoms with Crippen molar-refractivity contribution in [3.63, 3.8) is 0 Å². The molecule has 2 heteroatoms. The van der Waals surface area contributed by atoms with Crippen molar-refractivity contribution in [3.8, 4) is 0 Å². The molecule has 2 aromatic rings. The molecule has 0 radical (unpaired) electrons. The van der Waals surface area contributed by atoms with Crippen LogP contribution in [0.25, 0.3) is 10.8 Å². The van der Waals surface area contributed by atoms with Crippen molar-refractivity contribution < 1.29 is 0 Å². The first-order valence-corrected chi connectivity index (χ1v) is 3.61. The van der Waals surface area contributed by atoms with Gasteiger partial charge in [0.2, 0.25) is 0 Å². The molecular weight excluding hydrogens is 173 g/mol. The quantitative estimate of drug-likeness (QED) is 0.489. The van der Waals surface area contributed by atoms with Crippen LogP contribution < -0.4 is 5.73 Å². The molecular formula is C10H10KN. The molecule has 0 spiro atoms. The van der Waals surface area contributed by atoms with E-state index >= 15 is 0 Å². The van der Waals surface area contributed by atoms with Crippen LogP contribution in [0.1, 0.15) is 0 Å². The van der Waals surface area contributed by atoms with Crippen LogP contribution in [0.15, 0.2) is 42.5 Å². The molecule has 0 saturated carbocycles. The molecule has 56 valence electrons. The van der Waals surface area contributed by atoms with Crippen LogP contribution in [0.4, 0.5) is 5.69 Å². The Labute approximate surface area is 114 Å². The standard InChI is InChI=1S/C10H9N.K.H/c11-10-7-3-5-8-4-1-2-6-9(8)10;;/h1-7H,11H2;;. The molecule has 2 N–H and O–H groups in total. The van der Waals surface area contributed by atoms with E-state index in [1.54, 1.807) is 0 Å². The minimum atomic E-state index is 0. The van der Waals surface area contributed by atoms with Gasteiger partial charge in [0.15, 0.2) is 0 Å². The van der Waals surface area contributed by atoms with Crippen molar-refractivity contribution in [1.82, 2.24) is 0 Å². The summed E-state index contributed by atoms with van der Waals surface area (Å²) in [5.41, 5.74) is 6.61. The second kappa shape index (κ2) is 4.39. The summed E-state index contributed by atoms with van der Waals surface area (Å²) in [6.07, 6.45) is 0. The second-order valence-electron chi connectivity index (χ2n) is 2.57. The van der Waals surface area contributed by atoms with E-state index in [2.05, 4.69) is 12.1 Å². The molecule has 12 heavy (non-hydrogen) atoms. The monoisotopic (exact) mass is 183 g/mol. The fourth-order valence-corrected chi connectivity index (χ4v) is 1.25. The number of anilines is 1. The van der Waals surface area contributed by atoms with Crippen LogP contribution in [0.2, 0.25) is 0 Å². The summed E-state index contributed by atoms with van der Waals surface area (Å²) in [5.74, 6) is 0. The number of benzene rings is 2. The van der Waals surface area contributed by atoms with Gasteiger partial charge in [-0.3, -0.25) is 0 Å².